The zero-order valence-corrected chi connectivity index (χ0v) is 8.66. The predicted octanol–water partition coefficient (Wildman–Crippen LogP) is 1.25. The van der Waals surface area contributed by atoms with Crippen molar-refractivity contribution in [3.63, 3.8) is 0 Å². The highest BCUT2D eigenvalue weighted by molar-refractivity contribution is 5.31. The fourth-order valence-electron chi connectivity index (χ4n) is 1.33. The third kappa shape index (κ3) is 2.05. The molecular formula is C11H17NO2. The standard InChI is InChI=1S/C11H17NO2/c1-3-11(12,8-13)9-4-6-10(14-2)7-5-9/h4-7,13H,3,8,12H2,1-2H3. The number of aliphatic hydroxyl groups excluding tert-OH is 1. The third-order valence-corrected chi connectivity index (χ3v) is 2.58. The molecule has 0 aliphatic heterocycles. The van der Waals surface area contributed by atoms with Crippen LogP contribution in [-0.2, 0) is 5.54 Å². The van der Waals surface area contributed by atoms with Crippen LogP contribution in [0.4, 0.5) is 0 Å². The number of ether oxygens (including phenoxy) is 1. The van der Waals surface area contributed by atoms with Crippen molar-refractivity contribution >= 4 is 0 Å². The molecule has 1 atom stereocenters. The molecule has 1 unspecified atom stereocenters. The highest BCUT2D eigenvalue weighted by Gasteiger charge is 2.23. The molecule has 0 saturated carbocycles. The molecule has 0 aliphatic rings. The minimum Gasteiger partial charge on any atom is -0.497 e. The van der Waals surface area contributed by atoms with E-state index in [1.54, 1.807) is 7.11 Å². The fourth-order valence-corrected chi connectivity index (χ4v) is 1.33. The van der Waals surface area contributed by atoms with Gasteiger partial charge in [0.15, 0.2) is 0 Å². The number of benzene rings is 1. The molecule has 3 heteroatoms. The summed E-state index contributed by atoms with van der Waals surface area (Å²) >= 11 is 0. The molecule has 0 aliphatic carbocycles. The Balaban J connectivity index is 2.95. The van der Waals surface area contributed by atoms with E-state index < -0.39 is 5.54 Å². The van der Waals surface area contributed by atoms with Gasteiger partial charge in [-0.2, -0.15) is 0 Å². The van der Waals surface area contributed by atoms with E-state index in [2.05, 4.69) is 0 Å². The summed E-state index contributed by atoms with van der Waals surface area (Å²) in [5.74, 6) is 0.796. The van der Waals surface area contributed by atoms with Gasteiger partial charge in [0.2, 0.25) is 0 Å². The summed E-state index contributed by atoms with van der Waals surface area (Å²) in [7, 11) is 1.62. The number of methoxy groups -OCH3 is 1. The molecule has 0 fully saturated rings. The quantitative estimate of drug-likeness (QED) is 0.760. The minimum atomic E-state index is -0.633. The Hall–Kier alpha value is -1.06. The lowest BCUT2D eigenvalue weighted by Crippen LogP contribution is -2.39. The van der Waals surface area contributed by atoms with Gasteiger partial charge in [0.1, 0.15) is 5.75 Å². The normalized spacial score (nSPS) is 14.9. The Morgan fingerprint density at radius 1 is 1.36 bits per heavy atom. The summed E-state index contributed by atoms with van der Waals surface area (Å²) in [6, 6.07) is 7.47. The zero-order valence-electron chi connectivity index (χ0n) is 8.66. The molecule has 0 amide bonds. The van der Waals surface area contributed by atoms with E-state index in [-0.39, 0.29) is 6.61 Å². The molecule has 78 valence electrons. The van der Waals surface area contributed by atoms with Crippen molar-refractivity contribution in [1.29, 1.82) is 0 Å². The molecule has 1 rings (SSSR count). The van der Waals surface area contributed by atoms with E-state index in [4.69, 9.17) is 10.5 Å². The number of hydrogen-bond donors (Lipinski definition) is 2. The Bertz CT molecular complexity index is 278. The first kappa shape index (κ1) is 11.0. The topological polar surface area (TPSA) is 55.5 Å². The van der Waals surface area contributed by atoms with Gasteiger partial charge in [-0.3, -0.25) is 0 Å². The number of hydrogen-bond acceptors (Lipinski definition) is 3. The van der Waals surface area contributed by atoms with Crippen LogP contribution in [0.15, 0.2) is 24.3 Å². The smallest absolute Gasteiger partial charge is 0.118 e. The summed E-state index contributed by atoms with van der Waals surface area (Å²) in [6.07, 6.45) is 0.704. The second kappa shape index (κ2) is 4.44. The molecule has 0 saturated heterocycles. The lowest BCUT2D eigenvalue weighted by atomic mass is 9.89. The number of aliphatic hydroxyl groups is 1. The van der Waals surface area contributed by atoms with Gasteiger partial charge in [-0.25, -0.2) is 0 Å². The van der Waals surface area contributed by atoms with Gasteiger partial charge in [0.05, 0.1) is 19.3 Å². The van der Waals surface area contributed by atoms with E-state index in [0.29, 0.717) is 6.42 Å². The summed E-state index contributed by atoms with van der Waals surface area (Å²) in [5.41, 5.74) is 6.32. The Morgan fingerprint density at radius 2 is 1.93 bits per heavy atom. The highest BCUT2D eigenvalue weighted by Crippen LogP contribution is 2.23. The maximum atomic E-state index is 9.21. The summed E-state index contributed by atoms with van der Waals surface area (Å²) in [4.78, 5) is 0. The molecule has 1 aromatic rings. The highest BCUT2D eigenvalue weighted by atomic mass is 16.5. The Morgan fingerprint density at radius 3 is 2.29 bits per heavy atom. The van der Waals surface area contributed by atoms with Crippen LogP contribution in [0.5, 0.6) is 5.75 Å². The zero-order chi connectivity index (χ0) is 10.6. The van der Waals surface area contributed by atoms with Gasteiger partial charge in [0, 0.05) is 0 Å². The Labute approximate surface area is 84.5 Å². The van der Waals surface area contributed by atoms with Crippen LogP contribution in [-0.4, -0.2) is 18.8 Å². The van der Waals surface area contributed by atoms with E-state index in [1.165, 1.54) is 0 Å². The van der Waals surface area contributed by atoms with Crippen molar-refractivity contribution in [2.24, 2.45) is 5.73 Å². The molecule has 3 N–H and O–H groups in total. The van der Waals surface area contributed by atoms with E-state index in [1.807, 2.05) is 31.2 Å². The molecule has 0 heterocycles. The molecule has 0 aromatic heterocycles. The molecule has 14 heavy (non-hydrogen) atoms. The van der Waals surface area contributed by atoms with Crippen LogP contribution < -0.4 is 10.5 Å². The Kier molecular flexibility index (Phi) is 3.49. The second-order valence-corrected chi connectivity index (χ2v) is 3.40. The van der Waals surface area contributed by atoms with Gasteiger partial charge in [-0.1, -0.05) is 19.1 Å². The van der Waals surface area contributed by atoms with E-state index in [9.17, 15) is 5.11 Å². The summed E-state index contributed by atoms with van der Waals surface area (Å²) in [6.45, 7) is 1.91. The largest absolute Gasteiger partial charge is 0.497 e. The second-order valence-electron chi connectivity index (χ2n) is 3.40. The lowest BCUT2D eigenvalue weighted by molar-refractivity contribution is 0.192. The van der Waals surface area contributed by atoms with E-state index >= 15 is 0 Å². The first-order chi connectivity index (χ1) is 6.66. The van der Waals surface area contributed by atoms with Crippen molar-refractivity contribution in [3.05, 3.63) is 29.8 Å². The molecule has 0 bridgehead atoms. The first-order valence-corrected chi connectivity index (χ1v) is 4.70. The van der Waals surface area contributed by atoms with Crippen LogP contribution in [0, 0.1) is 0 Å². The molecule has 1 aromatic carbocycles. The van der Waals surface area contributed by atoms with Gasteiger partial charge < -0.3 is 15.6 Å². The lowest BCUT2D eigenvalue weighted by Gasteiger charge is -2.26. The maximum absolute atomic E-state index is 9.21. The monoisotopic (exact) mass is 195 g/mol. The van der Waals surface area contributed by atoms with Crippen LogP contribution >= 0.6 is 0 Å². The predicted molar refractivity (Wildman–Crippen MR) is 56.2 cm³/mol. The number of nitrogens with two attached hydrogens (primary N) is 1. The van der Waals surface area contributed by atoms with Crippen LogP contribution in [0.25, 0.3) is 0 Å². The minimum absolute atomic E-state index is 0.0458. The van der Waals surface area contributed by atoms with Crippen molar-refractivity contribution in [1.82, 2.24) is 0 Å². The van der Waals surface area contributed by atoms with Crippen molar-refractivity contribution in [2.45, 2.75) is 18.9 Å². The van der Waals surface area contributed by atoms with Crippen molar-refractivity contribution in [3.8, 4) is 5.75 Å². The molecule has 3 nitrogen and oxygen atoms in total. The van der Waals surface area contributed by atoms with Crippen LogP contribution in [0.3, 0.4) is 0 Å². The molecular weight excluding hydrogens is 178 g/mol. The average molecular weight is 195 g/mol. The average Bonchev–Trinajstić information content (AvgIpc) is 2.28. The van der Waals surface area contributed by atoms with Gasteiger partial charge in [-0.15, -0.1) is 0 Å². The van der Waals surface area contributed by atoms with Gasteiger partial charge in [-0.05, 0) is 24.1 Å². The fraction of sp³-hybridized carbons (Fsp3) is 0.455. The third-order valence-electron chi connectivity index (χ3n) is 2.58. The SMILES string of the molecule is CCC(N)(CO)c1ccc(OC)cc1. The van der Waals surface area contributed by atoms with Gasteiger partial charge in [0.25, 0.3) is 0 Å². The van der Waals surface area contributed by atoms with Gasteiger partial charge >= 0.3 is 0 Å². The summed E-state index contributed by atoms with van der Waals surface area (Å²) < 4.78 is 5.05. The molecule has 0 radical (unpaired) electrons. The van der Waals surface area contributed by atoms with Crippen LogP contribution in [0.2, 0.25) is 0 Å². The van der Waals surface area contributed by atoms with Crippen molar-refractivity contribution < 1.29 is 9.84 Å². The first-order valence-electron chi connectivity index (χ1n) is 4.70. The summed E-state index contributed by atoms with van der Waals surface area (Å²) in [5, 5.41) is 9.21. The number of rotatable bonds is 4. The van der Waals surface area contributed by atoms with E-state index in [0.717, 1.165) is 11.3 Å². The van der Waals surface area contributed by atoms with Crippen molar-refractivity contribution in [2.75, 3.05) is 13.7 Å². The maximum Gasteiger partial charge on any atom is 0.118 e. The van der Waals surface area contributed by atoms with Crippen LogP contribution in [0.1, 0.15) is 18.9 Å². The molecule has 0 spiro atoms.